The second-order valence-corrected chi connectivity index (χ2v) is 8.48. The molecule has 1 aromatic heterocycles. The molecule has 1 aliphatic carbocycles. The Balaban J connectivity index is 1.27. The molecule has 0 unspecified atom stereocenters. The summed E-state index contributed by atoms with van der Waals surface area (Å²) in [5.74, 6) is -2.50. The number of halogens is 2. The van der Waals surface area contributed by atoms with Gasteiger partial charge in [0.15, 0.2) is 11.6 Å². The van der Waals surface area contributed by atoms with Crippen LogP contribution in [0.1, 0.15) is 65.9 Å². The van der Waals surface area contributed by atoms with Gasteiger partial charge in [0.1, 0.15) is 6.10 Å². The van der Waals surface area contributed by atoms with Crippen molar-refractivity contribution in [3.05, 3.63) is 52.9 Å². The molecule has 4 rings (SSSR count). The van der Waals surface area contributed by atoms with Gasteiger partial charge in [0.2, 0.25) is 5.95 Å². The Hall–Kier alpha value is -3.10. The van der Waals surface area contributed by atoms with Gasteiger partial charge in [-0.25, -0.2) is 18.7 Å². The molecular formula is C23H27F2N5O2. The molecule has 0 atom stereocenters. The van der Waals surface area contributed by atoms with Crippen molar-refractivity contribution in [3.63, 3.8) is 0 Å². The number of anilines is 1. The van der Waals surface area contributed by atoms with Gasteiger partial charge < -0.3 is 15.5 Å². The average Bonchev–Trinajstić information content (AvgIpc) is 2.80. The lowest BCUT2D eigenvalue weighted by Gasteiger charge is -2.31. The topological polar surface area (TPSA) is 93.7 Å². The highest BCUT2D eigenvalue weighted by molar-refractivity contribution is 5.93. The smallest absolute Gasteiger partial charge is 0.251 e. The molecule has 0 bridgehead atoms. The van der Waals surface area contributed by atoms with Crippen LogP contribution in [-0.4, -0.2) is 40.8 Å². The Morgan fingerprint density at radius 2 is 1.75 bits per heavy atom. The van der Waals surface area contributed by atoms with E-state index in [4.69, 9.17) is 10.6 Å². The standard InChI is InChI=1S/C23H27F2N5O2/c1-14-12-27-23(28-13-14)30-10-8-17(9-11-30)32-29-16-4-2-15(3-5-16)18-6-7-19(22(26)31)21(25)20(18)24/h6-7,12-13,15,17H,2-5,8-11H2,1H3,(H2,26,31). The van der Waals surface area contributed by atoms with Gasteiger partial charge in [0.05, 0.1) is 11.3 Å². The number of hydrogen-bond acceptors (Lipinski definition) is 6. The van der Waals surface area contributed by atoms with Crippen LogP contribution >= 0.6 is 0 Å². The van der Waals surface area contributed by atoms with Gasteiger partial charge in [0.25, 0.3) is 5.91 Å². The highest BCUT2D eigenvalue weighted by atomic mass is 19.2. The Labute approximate surface area is 185 Å². The van der Waals surface area contributed by atoms with E-state index in [0.717, 1.165) is 43.2 Å². The Morgan fingerprint density at radius 1 is 1.09 bits per heavy atom. The van der Waals surface area contributed by atoms with Crippen LogP contribution in [0.25, 0.3) is 0 Å². The van der Waals surface area contributed by atoms with Crippen molar-refractivity contribution in [2.45, 2.75) is 57.5 Å². The number of piperidine rings is 1. The number of hydrogen-bond donors (Lipinski definition) is 1. The first-order chi connectivity index (χ1) is 15.4. The second-order valence-electron chi connectivity index (χ2n) is 8.48. The van der Waals surface area contributed by atoms with E-state index in [2.05, 4.69) is 20.0 Å². The molecule has 7 nitrogen and oxygen atoms in total. The van der Waals surface area contributed by atoms with Crippen LogP contribution in [0.2, 0.25) is 0 Å². The van der Waals surface area contributed by atoms with Crippen molar-refractivity contribution in [1.29, 1.82) is 0 Å². The highest BCUT2D eigenvalue weighted by Gasteiger charge is 2.27. The molecule has 1 amide bonds. The number of nitrogens with two attached hydrogens (primary N) is 1. The number of primary amides is 1. The van der Waals surface area contributed by atoms with Crippen molar-refractivity contribution < 1.29 is 18.4 Å². The Bertz CT molecular complexity index is 994. The lowest BCUT2D eigenvalue weighted by atomic mass is 9.82. The number of carbonyl (C=O) groups excluding carboxylic acids is 1. The summed E-state index contributed by atoms with van der Waals surface area (Å²) < 4.78 is 28.5. The number of rotatable bonds is 5. The van der Waals surface area contributed by atoms with Crippen LogP contribution < -0.4 is 10.6 Å². The van der Waals surface area contributed by atoms with Crippen molar-refractivity contribution in [1.82, 2.24) is 9.97 Å². The van der Waals surface area contributed by atoms with Crippen LogP contribution in [0.5, 0.6) is 0 Å². The molecule has 2 N–H and O–H groups in total. The molecule has 0 radical (unpaired) electrons. The molecular weight excluding hydrogens is 416 g/mol. The van der Waals surface area contributed by atoms with Gasteiger partial charge in [-0.05, 0) is 55.7 Å². The number of nitrogens with zero attached hydrogens (tertiary/aromatic N) is 4. The fourth-order valence-electron chi connectivity index (χ4n) is 4.28. The SMILES string of the molecule is Cc1cnc(N2CCC(ON=C3CCC(c4ccc(C(N)=O)c(F)c4F)CC3)CC2)nc1. The third kappa shape index (κ3) is 4.87. The van der Waals surface area contributed by atoms with Gasteiger partial charge in [-0.2, -0.15) is 0 Å². The maximum Gasteiger partial charge on any atom is 0.251 e. The normalized spacial score (nSPS) is 19.7. The quantitative estimate of drug-likeness (QED) is 0.709. The number of amides is 1. The summed E-state index contributed by atoms with van der Waals surface area (Å²) in [4.78, 5) is 27.9. The molecule has 170 valence electrons. The van der Waals surface area contributed by atoms with Crippen LogP contribution in [0, 0.1) is 18.6 Å². The number of benzene rings is 1. The molecule has 2 aliphatic rings. The summed E-state index contributed by atoms with van der Waals surface area (Å²) in [5, 5.41) is 4.36. The van der Waals surface area contributed by atoms with Crippen molar-refractivity contribution in [2.24, 2.45) is 10.9 Å². The fraction of sp³-hybridized carbons (Fsp3) is 0.478. The first kappa shape index (κ1) is 22.1. The zero-order valence-electron chi connectivity index (χ0n) is 18.1. The minimum absolute atomic E-state index is 0.0507. The fourth-order valence-corrected chi connectivity index (χ4v) is 4.28. The van der Waals surface area contributed by atoms with E-state index in [9.17, 15) is 13.6 Å². The lowest BCUT2D eigenvalue weighted by Crippen LogP contribution is -2.37. The highest BCUT2D eigenvalue weighted by Crippen LogP contribution is 2.34. The number of oxime groups is 1. The monoisotopic (exact) mass is 443 g/mol. The number of aromatic nitrogens is 2. The summed E-state index contributed by atoms with van der Waals surface area (Å²) >= 11 is 0. The molecule has 1 saturated carbocycles. The van der Waals surface area contributed by atoms with E-state index < -0.39 is 23.1 Å². The maximum atomic E-state index is 14.4. The van der Waals surface area contributed by atoms with Crippen molar-refractivity contribution in [3.8, 4) is 0 Å². The number of carbonyl (C=O) groups is 1. The largest absolute Gasteiger partial charge is 0.392 e. The van der Waals surface area contributed by atoms with E-state index in [0.29, 0.717) is 25.7 Å². The lowest BCUT2D eigenvalue weighted by molar-refractivity contribution is 0.0406. The summed E-state index contributed by atoms with van der Waals surface area (Å²) in [6.07, 6.45) is 8.00. The molecule has 1 aromatic carbocycles. The van der Waals surface area contributed by atoms with Crippen LogP contribution in [0.15, 0.2) is 29.7 Å². The molecule has 1 aliphatic heterocycles. The number of aryl methyl sites for hydroxylation is 1. The summed E-state index contributed by atoms with van der Waals surface area (Å²) in [6.45, 7) is 3.59. The van der Waals surface area contributed by atoms with Crippen LogP contribution in [0.3, 0.4) is 0 Å². The Kier molecular flexibility index (Phi) is 6.62. The zero-order chi connectivity index (χ0) is 22.7. The molecule has 2 aromatic rings. The maximum absolute atomic E-state index is 14.4. The van der Waals surface area contributed by atoms with Gasteiger partial charge in [0, 0.05) is 38.3 Å². The van der Waals surface area contributed by atoms with Crippen LogP contribution in [-0.2, 0) is 4.84 Å². The third-order valence-electron chi connectivity index (χ3n) is 6.20. The molecule has 1 saturated heterocycles. The van der Waals surface area contributed by atoms with E-state index in [1.54, 1.807) is 0 Å². The average molecular weight is 443 g/mol. The van der Waals surface area contributed by atoms with E-state index >= 15 is 0 Å². The minimum Gasteiger partial charge on any atom is -0.392 e. The van der Waals surface area contributed by atoms with Crippen LogP contribution in [0.4, 0.5) is 14.7 Å². The third-order valence-corrected chi connectivity index (χ3v) is 6.20. The molecule has 2 fully saturated rings. The van der Waals surface area contributed by atoms with Crippen molar-refractivity contribution >= 4 is 17.6 Å². The Morgan fingerprint density at radius 3 is 2.38 bits per heavy atom. The molecule has 32 heavy (non-hydrogen) atoms. The van der Waals surface area contributed by atoms with Gasteiger partial charge >= 0.3 is 0 Å². The van der Waals surface area contributed by atoms with E-state index in [1.807, 2.05) is 19.3 Å². The first-order valence-corrected chi connectivity index (χ1v) is 10.9. The summed E-state index contributed by atoms with van der Waals surface area (Å²) in [6, 6.07) is 2.73. The molecule has 2 heterocycles. The zero-order valence-corrected chi connectivity index (χ0v) is 18.1. The summed E-state index contributed by atoms with van der Waals surface area (Å²) in [7, 11) is 0. The predicted molar refractivity (Wildman–Crippen MR) is 117 cm³/mol. The minimum atomic E-state index is -1.17. The van der Waals surface area contributed by atoms with Gasteiger partial charge in [-0.15, -0.1) is 0 Å². The molecule has 9 heteroatoms. The van der Waals surface area contributed by atoms with Gasteiger partial charge in [-0.1, -0.05) is 11.2 Å². The van der Waals surface area contributed by atoms with E-state index in [-0.39, 0.29) is 17.6 Å². The second kappa shape index (κ2) is 9.58. The van der Waals surface area contributed by atoms with E-state index in [1.165, 1.54) is 12.1 Å². The summed E-state index contributed by atoms with van der Waals surface area (Å²) in [5.41, 5.74) is 6.93. The molecule has 0 spiro atoms. The predicted octanol–water partition coefficient (Wildman–Crippen LogP) is 3.86. The van der Waals surface area contributed by atoms with Gasteiger partial charge in [-0.3, -0.25) is 4.79 Å². The first-order valence-electron chi connectivity index (χ1n) is 10.9. The van der Waals surface area contributed by atoms with Crippen molar-refractivity contribution in [2.75, 3.05) is 18.0 Å².